The van der Waals surface area contributed by atoms with E-state index in [0.29, 0.717) is 0 Å². The molecule has 0 spiro atoms. The van der Waals surface area contributed by atoms with Crippen molar-refractivity contribution in [2.75, 3.05) is 0 Å². The van der Waals surface area contributed by atoms with Crippen molar-refractivity contribution in [1.82, 2.24) is 4.72 Å². The van der Waals surface area contributed by atoms with Gasteiger partial charge in [0.2, 0.25) is 0 Å². The van der Waals surface area contributed by atoms with Crippen LogP contribution in [0.4, 0.5) is 13.2 Å². The molecule has 0 unspecified atom stereocenters. The predicted octanol–water partition coefficient (Wildman–Crippen LogP) is 0.535. The van der Waals surface area contributed by atoms with Gasteiger partial charge in [-0.05, 0) is 5.92 Å². The molecule has 0 radical (unpaired) electrons. The zero-order valence-electron chi connectivity index (χ0n) is 7.87. The first-order valence-electron chi connectivity index (χ1n) is 3.80. The van der Waals surface area contributed by atoms with Crippen LogP contribution in [0.15, 0.2) is 0 Å². The molecule has 0 aliphatic rings. The van der Waals surface area contributed by atoms with Crippen molar-refractivity contribution in [3.63, 3.8) is 0 Å². The van der Waals surface area contributed by atoms with E-state index in [0.717, 1.165) is 4.72 Å². The number of carboxylic acids is 1. The highest BCUT2D eigenvalue weighted by atomic mass is 32.2. The van der Waals surface area contributed by atoms with Gasteiger partial charge < -0.3 is 5.11 Å². The lowest BCUT2D eigenvalue weighted by Gasteiger charge is -2.18. The molecule has 0 aliphatic heterocycles. The van der Waals surface area contributed by atoms with Gasteiger partial charge in [0, 0.05) is 0 Å². The van der Waals surface area contributed by atoms with Gasteiger partial charge in [0.25, 0.3) is 0 Å². The fourth-order valence-corrected chi connectivity index (χ4v) is 1.55. The lowest BCUT2D eigenvalue weighted by Crippen LogP contribution is -2.48. The van der Waals surface area contributed by atoms with Gasteiger partial charge in [0.1, 0.15) is 6.04 Å². The minimum absolute atomic E-state index is 0.792. The van der Waals surface area contributed by atoms with E-state index in [-0.39, 0.29) is 0 Å². The first kappa shape index (κ1) is 14.2. The maximum Gasteiger partial charge on any atom is 0.511 e. The van der Waals surface area contributed by atoms with E-state index >= 15 is 0 Å². The summed E-state index contributed by atoms with van der Waals surface area (Å²) in [6, 6.07) is -1.79. The van der Waals surface area contributed by atoms with Crippen LogP contribution in [-0.4, -0.2) is 31.0 Å². The Hall–Kier alpha value is -0.830. The van der Waals surface area contributed by atoms with E-state index in [1.807, 2.05) is 0 Å². The third-order valence-electron chi connectivity index (χ3n) is 1.52. The van der Waals surface area contributed by atoms with E-state index in [9.17, 15) is 26.4 Å². The molecule has 0 rings (SSSR count). The minimum atomic E-state index is -5.62. The summed E-state index contributed by atoms with van der Waals surface area (Å²) < 4.78 is 57.9. The van der Waals surface area contributed by atoms with Crippen LogP contribution >= 0.6 is 0 Å². The Morgan fingerprint density at radius 2 is 1.73 bits per heavy atom. The molecule has 0 saturated carbocycles. The summed E-state index contributed by atoms with van der Waals surface area (Å²) >= 11 is 0. The minimum Gasteiger partial charge on any atom is -0.480 e. The fraction of sp³-hybridized carbons (Fsp3) is 0.833. The lowest BCUT2D eigenvalue weighted by atomic mass is 10.1. The average Bonchev–Trinajstić information content (AvgIpc) is 1.96. The van der Waals surface area contributed by atoms with Gasteiger partial charge in [-0.25, -0.2) is 8.42 Å². The Morgan fingerprint density at radius 1 is 1.33 bits per heavy atom. The third kappa shape index (κ3) is 3.67. The lowest BCUT2D eigenvalue weighted by molar-refractivity contribution is -0.140. The van der Waals surface area contributed by atoms with Gasteiger partial charge in [0.15, 0.2) is 0 Å². The van der Waals surface area contributed by atoms with Crippen LogP contribution in [0.5, 0.6) is 0 Å². The molecule has 2 N–H and O–H groups in total. The number of rotatable bonds is 4. The first-order valence-corrected chi connectivity index (χ1v) is 5.28. The summed E-state index contributed by atoms with van der Waals surface area (Å²) in [6.07, 6.45) is 0. The Morgan fingerprint density at radius 3 is 1.93 bits per heavy atom. The van der Waals surface area contributed by atoms with Crippen molar-refractivity contribution in [3.8, 4) is 0 Å². The molecule has 1 atom stereocenters. The first-order chi connectivity index (χ1) is 6.49. The second kappa shape index (κ2) is 4.35. The zero-order valence-corrected chi connectivity index (χ0v) is 8.69. The van der Waals surface area contributed by atoms with Gasteiger partial charge in [-0.15, -0.1) is 0 Å². The molecule has 0 heterocycles. The number of carboxylic acid groups (broad SMARTS) is 1. The Bertz CT molecular complexity index is 335. The second-order valence-corrected chi connectivity index (χ2v) is 4.83. The summed E-state index contributed by atoms with van der Waals surface area (Å²) in [6.45, 7) is 2.58. The van der Waals surface area contributed by atoms with Crippen LogP contribution in [0.1, 0.15) is 13.8 Å². The number of hydrogen-bond acceptors (Lipinski definition) is 3. The molecule has 0 amide bonds. The van der Waals surface area contributed by atoms with Gasteiger partial charge in [-0.2, -0.15) is 17.9 Å². The molecule has 0 bridgehead atoms. The molecule has 0 saturated heterocycles. The smallest absolute Gasteiger partial charge is 0.480 e. The van der Waals surface area contributed by atoms with Crippen LogP contribution < -0.4 is 4.72 Å². The maximum absolute atomic E-state index is 11.9. The maximum atomic E-state index is 11.9. The molecule has 15 heavy (non-hydrogen) atoms. The van der Waals surface area contributed by atoms with Crippen molar-refractivity contribution in [2.45, 2.75) is 25.4 Å². The fourth-order valence-electron chi connectivity index (χ4n) is 0.706. The summed E-state index contributed by atoms with van der Waals surface area (Å²) in [5.41, 5.74) is -5.50. The Balaban J connectivity index is 4.93. The van der Waals surface area contributed by atoms with Crippen LogP contribution in [0.3, 0.4) is 0 Å². The quantitative estimate of drug-likeness (QED) is 0.761. The molecule has 0 aromatic rings. The van der Waals surface area contributed by atoms with E-state index in [1.165, 1.54) is 13.8 Å². The van der Waals surface area contributed by atoms with E-state index in [1.54, 1.807) is 0 Å². The van der Waals surface area contributed by atoms with Crippen LogP contribution in [0.25, 0.3) is 0 Å². The normalized spacial score (nSPS) is 15.3. The molecule has 9 heteroatoms. The molecular weight excluding hydrogens is 239 g/mol. The highest BCUT2D eigenvalue weighted by molar-refractivity contribution is 7.90. The van der Waals surface area contributed by atoms with Crippen LogP contribution in [0, 0.1) is 5.92 Å². The topological polar surface area (TPSA) is 83.5 Å². The number of halogens is 3. The molecular formula is C6H10F3NO4S. The molecule has 0 aromatic carbocycles. The monoisotopic (exact) mass is 249 g/mol. The highest BCUT2D eigenvalue weighted by Gasteiger charge is 2.48. The van der Waals surface area contributed by atoms with Crippen molar-refractivity contribution < 1.29 is 31.5 Å². The molecule has 5 nitrogen and oxygen atoms in total. The van der Waals surface area contributed by atoms with Gasteiger partial charge >= 0.3 is 21.5 Å². The highest BCUT2D eigenvalue weighted by Crippen LogP contribution is 2.22. The number of alkyl halides is 3. The van der Waals surface area contributed by atoms with E-state index in [2.05, 4.69) is 0 Å². The molecule has 90 valence electrons. The number of carbonyl (C=O) groups is 1. The number of aliphatic carboxylic acids is 1. The van der Waals surface area contributed by atoms with Crippen molar-refractivity contribution in [3.05, 3.63) is 0 Å². The van der Waals surface area contributed by atoms with Gasteiger partial charge in [0.05, 0.1) is 0 Å². The average molecular weight is 249 g/mol. The molecule has 0 fully saturated rings. The van der Waals surface area contributed by atoms with Crippen molar-refractivity contribution >= 4 is 16.0 Å². The predicted molar refractivity (Wildman–Crippen MR) is 44.4 cm³/mol. The van der Waals surface area contributed by atoms with E-state index < -0.39 is 33.5 Å². The zero-order chi connectivity index (χ0) is 12.4. The van der Waals surface area contributed by atoms with E-state index in [4.69, 9.17) is 5.11 Å². The van der Waals surface area contributed by atoms with Crippen molar-refractivity contribution in [2.24, 2.45) is 5.92 Å². The second-order valence-electron chi connectivity index (χ2n) is 3.13. The largest absolute Gasteiger partial charge is 0.511 e. The number of sulfonamides is 1. The SMILES string of the molecule is CC(C)[C@H](NS(=O)(=O)C(F)(F)F)C(=O)O. The van der Waals surface area contributed by atoms with Gasteiger partial charge in [-0.1, -0.05) is 13.8 Å². The third-order valence-corrected chi connectivity index (χ3v) is 2.69. The summed E-state index contributed by atoms with van der Waals surface area (Å²) in [5, 5.41) is 8.48. The molecule has 0 aromatic heterocycles. The number of hydrogen-bond donors (Lipinski definition) is 2. The summed E-state index contributed by atoms with van der Waals surface area (Å²) in [5.74, 6) is -2.45. The summed E-state index contributed by atoms with van der Waals surface area (Å²) in [7, 11) is -5.62. The van der Waals surface area contributed by atoms with Crippen LogP contribution in [0.2, 0.25) is 0 Å². The standard InChI is InChI=1S/C6H10F3NO4S/c1-3(2)4(5(11)12)10-15(13,14)6(7,8)9/h3-4,10H,1-2H3,(H,11,12)/t4-/m0/s1. The molecule has 0 aliphatic carbocycles. The van der Waals surface area contributed by atoms with Gasteiger partial charge in [-0.3, -0.25) is 4.79 Å². The summed E-state index contributed by atoms with van der Waals surface area (Å²) in [4.78, 5) is 10.5. The van der Waals surface area contributed by atoms with Crippen molar-refractivity contribution in [1.29, 1.82) is 0 Å². The van der Waals surface area contributed by atoms with Crippen LogP contribution in [-0.2, 0) is 14.8 Å². The Labute approximate surface area is 84.3 Å². The Kier molecular flexibility index (Phi) is 4.11. The number of nitrogens with one attached hydrogen (secondary N) is 1.